The average molecular weight is 316 g/mol. The van der Waals surface area contributed by atoms with Crippen molar-refractivity contribution in [2.75, 3.05) is 43.4 Å². The topological polar surface area (TPSA) is 48.5 Å². The Morgan fingerprint density at radius 1 is 1.18 bits per heavy atom. The molecule has 0 atom stereocenters. The fourth-order valence-electron chi connectivity index (χ4n) is 2.53. The highest BCUT2D eigenvalue weighted by Crippen LogP contribution is 2.20. The molecule has 0 saturated carbocycles. The number of piperazine rings is 1. The number of carbonyl (C=O) groups excluding carboxylic acids is 1. The van der Waals surface area contributed by atoms with Gasteiger partial charge in [-0.1, -0.05) is 0 Å². The molecule has 0 radical (unpaired) electrons. The summed E-state index contributed by atoms with van der Waals surface area (Å²) in [6.45, 7) is 6.16. The molecule has 5 nitrogen and oxygen atoms in total. The SMILES string of the molecule is Cc1scnc1C(=O)Nc1ccc(N2CCN(C)CC2)cc1. The van der Waals surface area contributed by atoms with Crippen LogP contribution >= 0.6 is 11.3 Å². The van der Waals surface area contributed by atoms with Gasteiger partial charge in [0.25, 0.3) is 5.91 Å². The molecule has 1 fully saturated rings. The number of nitrogens with one attached hydrogen (secondary N) is 1. The van der Waals surface area contributed by atoms with Gasteiger partial charge in [-0.25, -0.2) is 4.98 Å². The fraction of sp³-hybridized carbons (Fsp3) is 0.375. The van der Waals surface area contributed by atoms with Crippen molar-refractivity contribution >= 4 is 28.6 Å². The van der Waals surface area contributed by atoms with Crippen LogP contribution < -0.4 is 10.2 Å². The molecule has 0 aliphatic carbocycles. The third kappa shape index (κ3) is 3.28. The molecule has 1 N–H and O–H groups in total. The van der Waals surface area contributed by atoms with Crippen LogP contribution in [0.4, 0.5) is 11.4 Å². The van der Waals surface area contributed by atoms with E-state index in [1.165, 1.54) is 17.0 Å². The zero-order valence-electron chi connectivity index (χ0n) is 12.9. The predicted octanol–water partition coefficient (Wildman–Crippen LogP) is 2.46. The third-order valence-electron chi connectivity index (χ3n) is 3.95. The number of aryl methyl sites for hydroxylation is 1. The molecule has 0 unspecified atom stereocenters. The number of aromatic nitrogens is 1. The zero-order chi connectivity index (χ0) is 15.5. The van der Waals surface area contributed by atoms with E-state index in [-0.39, 0.29) is 5.91 Å². The number of likely N-dealkylation sites (N-methyl/N-ethyl adjacent to an activating group) is 1. The van der Waals surface area contributed by atoms with Crippen LogP contribution in [0.1, 0.15) is 15.4 Å². The molecular formula is C16H20N4OS. The van der Waals surface area contributed by atoms with E-state index >= 15 is 0 Å². The van der Waals surface area contributed by atoms with Crippen LogP contribution in [-0.4, -0.2) is 49.0 Å². The van der Waals surface area contributed by atoms with Gasteiger partial charge in [0.2, 0.25) is 0 Å². The first-order valence-corrected chi connectivity index (χ1v) is 8.26. The van der Waals surface area contributed by atoms with E-state index in [1.807, 2.05) is 19.1 Å². The first-order valence-electron chi connectivity index (χ1n) is 7.38. The first kappa shape index (κ1) is 15.0. The Balaban J connectivity index is 1.64. The maximum Gasteiger partial charge on any atom is 0.275 e. The van der Waals surface area contributed by atoms with Gasteiger partial charge >= 0.3 is 0 Å². The second kappa shape index (κ2) is 6.46. The van der Waals surface area contributed by atoms with Crippen LogP contribution in [0.3, 0.4) is 0 Å². The van der Waals surface area contributed by atoms with Gasteiger partial charge in [0, 0.05) is 42.4 Å². The number of hydrogen-bond acceptors (Lipinski definition) is 5. The van der Waals surface area contributed by atoms with E-state index in [0.29, 0.717) is 5.69 Å². The monoisotopic (exact) mass is 316 g/mol. The Morgan fingerprint density at radius 3 is 2.45 bits per heavy atom. The molecule has 0 spiro atoms. The van der Waals surface area contributed by atoms with Crippen molar-refractivity contribution in [2.45, 2.75) is 6.92 Å². The van der Waals surface area contributed by atoms with Crippen LogP contribution in [0, 0.1) is 6.92 Å². The van der Waals surface area contributed by atoms with Crippen molar-refractivity contribution < 1.29 is 4.79 Å². The average Bonchev–Trinajstić information content (AvgIpc) is 2.95. The molecule has 116 valence electrons. The van der Waals surface area contributed by atoms with Gasteiger partial charge in [-0.05, 0) is 38.2 Å². The lowest BCUT2D eigenvalue weighted by Gasteiger charge is -2.34. The summed E-state index contributed by atoms with van der Waals surface area (Å²) in [5, 5.41) is 2.90. The van der Waals surface area contributed by atoms with E-state index in [4.69, 9.17) is 0 Å². The minimum absolute atomic E-state index is 0.147. The molecule has 1 aromatic heterocycles. The highest BCUT2D eigenvalue weighted by Gasteiger charge is 2.15. The van der Waals surface area contributed by atoms with E-state index < -0.39 is 0 Å². The number of hydrogen-bond donors (Lipinski definition) is 1. The van der Waals surface area contributed by atoms with Crippen molar-refractivity contribution in [1.29, 1.82) is 0 Å². The summed E-state index contributed by atoms with van der Waals surface area (Å²) in [5.74, 6) is -0.147. The number of benzene rings is 1. The molecule has 22 heavy (non-hydrogen) atoms. The predicted molar refractivity (Wildman–Crippen MR) is 91.0 cm³/mol. The summed E-state index contributed by atoms with van der Waals surface area (Å²) in [6.07, 6.45) is 0. The zero-order valence-corrected chi connectivity index (χ0v) is 13.7. The lowest BCUT2D eigenvalue weighted by atomic mass is 10.2. The maximum atomic E-state index is 12.1. The standard InChI is InChI=1S/C16H20N4OS/c1-12-15(17-11-22-12)16(21)18-13-3-5-14(6-4-13)20-9-7-19(2)8-10-20/h3-6,11H,7-10H2,1-2H3,(H,18,21). The lowest BCUT2D eigenvalue weighted by molar-refractivity contribution is 0.102. The van der Waals surface area contributed by atoms with Crippen molar-refractivity contribution in [3.05, 3.63) is 40.3 Å². The minimum Gasteiger partial charge on any atom is -0.369 e. The van der Waals surface area contributed by atoms with Gasteiger partial charge in [0.1, 0.15) is 5.69 Å². The Kier molecular flexibility index (Phi) is 4.40. The number of anilines is 2. The van der Waals surface area contributed by atoms with E-state index in [2.05, 4.69) is 39.3 Å². The normalized spacial score (nSPS) is 15.8. The van der Waals surface area contributed by atoms with Gasteiger partial charge in [-0.15, -0.1) is 11.3 Å². The molecule has 1 amide bonds. The number of nitrogens with zero attached hydrogens (tertiary/aromatic N) is 3. The highest BCUT2D eigenvalue weighted by atomic mass is 32.1. The summed E-state index contributed by atoms with van der Waals surface area (Å²) in [7, 11) is 2.15. The van der Waals surface area contributed by atoms with Gasteiger partial charge in [0.05, 0.1) is 5.51 Å². The number of rotatable bonds is 3. The van der Waals surface area contributed by atoms with Gasteiger partial charge in [-0.2, -0.15) is 0 Å². The van der Waals surface area contributed by atoms with Crippen LogP contribution in [0.2, 0.25) is 0 Å². The molecule has 2 aromatic rings. The molecule has 1 aromatic carbocycles. The fourth-order valence-corrected chi connectivity index (χ4v) is 3.11. The molecule has 1 saturated heterocycles. The first-order chi connectivity index (χ1) is 10.6. The van der Waals surface area contributed by atoms with Crippen molar-refractivity contribution in [3.63, 3.8) is 0 Å². The van der Waals surface area contributed by atoms with Crippen LogP contribution in [0.15, 0.2) is 29.8 Å². The molecule has 1 aliphatic rings. The smallest absolute Gasteiger partial charge is 0.275 e. The van der Waals surface area contributed by atoms with Crippen LogP contribution in [-0.2, 0) is 0 Å². The minimum atomic E-state index is -0.147. The Labute approximate surface area is 134 Å². The summed E-state index contributed by atoms with van der Waals surface area (Å²) in [6, 6.07) is 8.03. The molecule has 0 bridgehead atoms. The molecular weight excluding hydrogens is 296 g/mol. The molecule has 6 heteroatoms. The summed E-state index contributed by atoms with van der Waals surface area (Å²) >= 11 is 1.48. The van der Waals surface area contributed by atoms with Crippen LogP contribution in [0.5, 0.6) is 0 Å². The van der Waals surface area contributed by atoms with Crippen molar-refractivity contribution in [1.82, 2.24) is 9.88 Å². The number of carbonyl (C=O) groups is 1. The van der Waals surface area contributed by atoms with Crippen molar-refractivity contribution in [3.8, 4) is 0 Å². The third-order valence-corrected chi connectivity index (χ3v) is 4.71. The van der Waals surface area contributed by atoms with Crippen LogP contribution in [0.25, 0.3) is 0 Å². The second-order valence-corrected chi connectivity index (χ2v) is 6.61. The van der Waals surface area contributed by atoms with Gasteiger partial charge in [0.15, 0.2) is 0 Å². The van der Waals surface area contributed by atoms with Crippen molar-refractivity contribution in [2.24, 2.45) is 0 Å². The largest absolute Gasteiger partial charge is 0.369 e. The summed E-state index contributed by atoms with van der Waals surface area (Å²) in [5.41, 5.74) is 4.21. The molecule has 2 heterocycles. The Hall–Kier alpha value is -1.92. The van der Waals surface area contributed by atoms with E-state index in [1.54, 1.807) is 5.51 Å². The van der Waals surface area contributed by atoms with E-state index in [9.17, 15) is 4.79 Å². The van der Waals surface area contributed by atoms with Gasteiger partial charge in [-0.3, -0.25) is 4.79 Å². The number of amides is 1. The highest BCUT2D eigenvalue weighted by molar-refractivity contribution is 7.09. The summed E-state index contributed by atoms with van der Waals surface area (Å²) in [4.78, 5) is 21.9. The second-order valence-electron chi connectivity index (χ2n) is 5.55. The molecule has 1 aliphatic heterocycles. The maximum absolute atomic E-state index is 12.1. The Morgan fingerprint density at radius 2 is 1.86 bits per heavy atom. The number of thiazole rings is 1. The quantitative estimate of drug-likeness (QED) is 0.945. The van der Waals surface area contributed by atoms with Gasteiger partial charge < -0.3 is 15.1 Å². The Bertz CT molecular complexity index is 644. The van der Waals surface area contributed by atoms with E-state index in [0.717, 1.165) is 36.7 Å². The molecule has 3 rings (SSSR count). The summed E-state index contributed by atoms with van der Waals surface area (Å²) < 4.78 is 0. The lowest BCUT2D eigenvalue weighted by Crippen LogP contribution is -2.44.